The van der Waals surface area contributed by atoms with Crippen LogP contribution in [0.1, 0.15) is 40.0 Å². The van der Waals surface area contributed by atoms with Crippen LogP contribution in [0.25, 0.3) is 0 Å². The lowest BCUT2D eigenvalue weighted by atomic mass is 10.2. The first-order valence-corrected chi connectivity index (χ1v) is 11.4. The zero-order valence-corrected chi connectivity index (χ0v) is 15.8. The van der Waals surface area contributed by atoms with E-state index in [0.29, 0.717) is 25.0 Å². The van der Waals surface area contributed by atoms with Gasteiger partial charge < -0.3 is 9.16 Å². The van der Waals surface area contributed by atoms with Crippen LogP contribution in [-0.4, -0.2) is 44.3 Å². The first kappa shape index (κ1) is 18.7. The lowest BCUT2D eigenvalue weighted by Crippen LogP contribution is -2.45. The molecule has 1 saturated carbocycles. The molecule has 1 aliphatic rings. The average Bonchev–Trinajstić information content (AvgIpc) is 2.67. The highest BCUT2D eigenvalue weighted by molar-refractivity contribution is 8.00. The van der Waals surface area contributed by atoms with Gasteiger partial charge in [0.05, 0.1) is 19.6 Å². The molecule has 0 radical (unpaired) electrons. The van der Waals surface area contributed by atoms with E-state index in [0.717, 1.165) is 0 Å². The fourth-order valence-corrected chi connectivity index (χ4v) is 4.74. The Balaban J connectivity index is 2.59. The van der Waals surface area contributed by atoms with E-state index in [2.05, 4.69) is 38.6 Å². The van der Waals surface area contributed by atoms with Crippen LogP contribution in [0.15, 0.2) is 0 Å². The predicted octanol–water partition coefficient (Wildman–Crippen LogP) is 3.40. The molecule has 0 bridgehead atoms. The SMILES string of the molecule is COC(=O)CCS[C@H]1CC(=O)C[C@@H]1O[Si](C)(C)C(C)(C)C. The highest BCUT2D eigenvalue weighted by atomic mass is 32.2. The molecular weight excluding hydrogens is 304 g/mol. The third-order valence-electron chi connectivity index (χ3n) is 4.39. The van der Waals surface area contributed by atoms with Gasteiger partial charge in [0.25, 0.3) is 0 Å². The van der Waals surface area contributed by atoms with Crippen LogP contribution in [0, 0.1) is 0 Å². The first-order valence-electron chi connectivity index (χ1n) is 7.45. The van der Waals surface area contributed by atoms with Crippen molar-refractivity contribution in [2.45, 2.75) is 69.5 Å². The standard InChI is InChI=1S/C15H28O4SSi/c1-15(2,3)21(5,6)19-12-9-11(16)10-13(12)20-8-7-14(17)18-4/h12-13H,7-10H2,1-6H3/t12-,13-/m0/s1. The van der Waals surface area contributed by atoms with Crippen LogP contribution in [0.4, 0.5) is 0 Å². The number of ketones is 1. The topological polar surface area (TPSA) is 52.6 Å². The number of hydrogen-bond donors (Lipinski definition) is 0. The Kier molecular flexibility index (Phi) is 6.49. The quantitative estimate of drug-likeness (QED) is 0.551. The van der Waals surface area contributed by atoms with E-state index in [1.807, 2.05) is 0 Å². The summed E-state index contributed by atoms with van der Waals surface area (Å²) in [5.74, 6) is 0.755. The van der Waals surface area contributed by atoms with Gasteiger partial charge in [0.2, 0.25) is 0 Å². The van der Waals surface area contributed by atoms with E-state index < -0.39 is 8.32 Å². The molecule has 0 amide bonds. The Morgan fingerprint density at radius 3 is 2.48 bits per heavy atom. The average molecular weight is 333 g/mol. The molecule has 1 rings (SSSR count). The number of ether oxygens (including phenoxy) is 1. The molecule has 0 heterocycles. The fraction of sp³-hybridized carbons (Fsp3) is 0.867. The summed E-state index contributed by atoms with van der Waals surface area (Å²) in [6.07, 6.45) is 1.47. The van der Waals surface area contributed by atoms with Crippen molar-refractivity contribution in [1.82, 2.24) is 0 Å². The van der Waals surface area contributed by atoms with Crippen molar-refractivity contribution in [3.8, 4) is 0 Å². The van der Waals surface area contributed by atoms with Gasteiger partial charge in [0.1, 0.15) is 5.78 Å². The van der Waals surface area contributed by atoms with Gasteiger partial charge in [-0.1, -0.05) is 20.8 Å². The highest BCUT2D eigenvalue weighted by Crippen LogP contribution is 2.41. The van der Waals surface area contributed by atoms with Crippen LogP contribution in [-0.2, 0) is 18.8 Å². The van der Waals surface area contributed by atoms with Crippen molar-refractivity contribution >= 4 is 31.8 Å². The third kappa shape index (κ3) is 5.42. The fourth-order valence-electron chi connectivity index (χ4n) is 2.03. The lowest BCUT2D eigenvalue weighted by Gasteiger charge is -2.39. The lowest BCUT2D eigenvalue weighted by molar-refractivity contribution is -0.140. The number of thioether (sulfide) groups is 1. The van der Waals surface area contributed by atoms with Gasteiger partial charge in [-0.3, -0.25) is 9.59 Å². The molecule has 0 aromatic carbocycles. The maximum atomic E-state index is 11.8. The summed E-state index contributed by atoms with van der Waals surface area (Å²) in [6.45, 7) is 11.0. The number of rotatable bonds is 6. The summed E-state index contributed by atoms with van der Waals surface area (Å²) in [6, 6.07) is 0. The van der Waals surface area contributed by atoms with Crippen LogP contribution >= 0.6 is 11.8 Å². The molecule has 1 fully saturated rings. The van der Waals surface area contributed by atoms with E-state index in [9.17, 15) is 9.59 Å². The maximum absolute atomic E-state index is 11.8. The number of carbonyl (C=O) groups excluding carboxylic acids is 2. The Labute approximate surface area is 133 Å². The van der Waals surface area contributed by atoms with E-state index in [4.69, 9.17) is 4.43 Å². The highest BCUT2D eigenvalue weighted by Gasteiger charge is 2.43. The molecule has 0 spiro atoms. The van der Waals surface area contributed by atoms with Gasteiger partial charge in [-0.25, -0.2) is 0 Å². The summed E-state index contributed by atoms with van der Waals surface area (Å²) in [5.41, 5.74) is 0. The molecule has 0 aromatic heterocycles. The van der Waals surface area contributed by atoms with Crippen LogP contribution in [0.3, 0.4) is 0 Å². The Morgan fingerprint density at radius 2 is 1.95 bits per heavy atom. The molecule has 21 heavy (non-hydrogen) atoms. The van der Waals surface area contributed by atoms with E-state index in [1.165, 1.54) is 7.11 Å². The maximum Gasteiger partial charge on any atom is 0.306 e. The minimum Gasteiger partial charge on any atom is -0.469 e. The minimum atomic E-state index is -1.87. The molecule has 0 unspecified atom stereocenters. The van der Waals surface area contributed by atoms with Crippen LogP contribution < -0.4 is 0 Å². The van der Waals surface area contributed by atoms with Gasteiger partial charge in [-0.2, -0.15) is 11.8 Å². The minimum absolute atomic E-state index is 0.000962. The molecule has 0 aliphatic heterocycles. The van der Waals surface area contributed by atoms with Crippen molar-refractivity contribution in [1.29, 1.82) is 0 Å². The van der Waals surface area contributed by atoms with Gasteiger partial charge in [-0.15, -0.1) is 0 Å². The van der Waals surface area contributed by atoms with E-state index >= 15 is 0 Å². The van der Waals surface area contributed by atoms with Crippen LogP contribution in [0.2, 0.25) is 18.1 Å². The van der Waals surface area contributed by atoms with Crippen molar-refractivity contribution in [2.75, 3.05) is 12.9 Å². The molecule has 0 saturated heterocycles. The number of methoxy groups -OCH3 is 1. The molecule has 2 atom stereocenters. The molecule has 122 valence electrons. The van der Waals surface area contributed by atoms with Crippen molar-refractivity contribution in [3.05, 3.63) is 0 Å². The summed E-state index contributed by atoms with van der Waals surface area (Å²) < 4.78 is 11.1. The van der Waals surface area contributed by atoms with Crippen molar-refractivity contribution in [3.63, 3.8) is 0 Å². The third-order valence-corrected chi connectivity index (χ3v) is 10.2. The zero-order chi connectivity index (χ0) is 16.3. The number of esters is 1. The summed E-state index contributed by atoms with van der Waals surface area (Å²) in [4.78, 5) is 22.9. The molecule has 0 aromatic rings. The smallest absolute Gasteiger partial charge is 0.306 e. The van der Waals surface area contributed by atoms with E-state index in [1.54, 1.807) is 11.8 Å². The number of hydrogen-bond acceptors (Lipinski definition) is 5. The monoisotopic (exact) mass is 332 g/mol. The molecule has 1 aliphatic carbocycles. The summed E-state index contributed by atoms with van der Waals surface area (Å²) >= 11 is 1.67. The van der Waals surface area contributed by atoms with Gasteiger partial charge in [-0.05, 0) is 18.1 Å². The van der Waals surface area contributed by atoms with Gasteiger partial charge in [0.15, 0.2) is 8.32 Å². The predicted molar refractivity (Wildman–Crippen MR) is 89.2 cm³/mol. The second kappa shape index (κ2) is 7.29. The number of carbonyl (C=O) groups is 2. The van der Waals surface area contributed by atoms with Crippen molar-refractivity contribution < 1.29 is 18.8 Å². The van der Waals surface area contributed by atoms with E-state index in [-0.39, 0.29) is 28.1 Å². The largest absolute Gasteiger partial charge is 0.469 e. The molecular formula is C15H28O4SSi. The Morgan fingerprint density at radius 1 is 1.33 bits per heavy atom. The zero-order valence-electron chi connectivity index (χ0n) is 14.0. The van der Waals surface area contributed by atoms with Crippen LogP contribution in [0.5, 0.6) is 0 Å². The molecule has 6 heteroatoms. The van der Waals surface area contributed by atoms with Crippen molar-refractivity contribution in [2.24, 2.45) is 0 Å². The second-order valence-electron chi connectivity index (χ2n) is 7.10. The summed E-state index contributed by atoms with van der Waals surface area (Å²) in [7, 11) is -0.468. The summed E-state index contributed by atoms with van der Waals surface area (Å²) in [5, 5.41) is 0.316. The van der Waals surface area contributed by atoms with Gasteiger partial charge in [0, 0.05) is 23.8 Å². The Bertz CT molecular complexity index is 390. The second-order valence-corrected chi connectivity index (χ2v) is 13.2. The first-order chi connectivity index (χ1) is 9.56. The number of Topliss-reactive ketones (excluding diaryl/α,β-unsaturated/α-hetero) is 1. The normalized spacial score (nSPS) is 23.4. The molecule has 4 nitrogen and oxygen atoms in total. The Hall–Kier alpha value is -0.333. The van der Waals surface area contributed by atoms with Gasteiger partial charge >= 0.3 is 5.97 Å². The molecule has 0 N–H and O–H groups in total.